The van der Waals surface area contributed by atoms with Crippen molar-refractivity contribution >= 4 is 46.2 Å². The molecule has 4 aromatic rings. The Kier molecular flexibility index (Phi) is 7.73. The molecule has 0 atom stereocenters. The van der Waals surface area contributed by atoms with Crippen LogP contribution in [-0.4, -0.2) is 45.2 Å². The molecule has 0 saturated heterocycles. The van der Waals surface area contributed by atoms with Crippen molar-refractivity contribution in [1.82, 2.24) is 24.7 Å². The van der Waals surface area contributed by atoms with Gasteiger partial charge in [0.2, 0.25) is 0 Å². The van der Waals surface area contributed by atoms with Crippen molar-refractivity contribution < 1.29 is 9.47 Å². The number of aromatic nitrogens is 5. The molecule has 0 bridgehead atoms. The maximum absolute atomic E-state index is 7.77. The summed E-state index contributed by atoms with van der Waals surface area (Å²) in [6.45, 7) is 8.52. The molecule has 0 unspecified atom stereocenters. The van der Waals surface area contributed by atoms with E-state index in [4.69, 9.17) is 38.1 Å². The summed E-state index contributed by atoms with van der Waals surface area (Å²) in [5, 5.41) is 13.1. The number of ether oxygens (including phenoxy) is 2. The first kappa shape index (κ1) is 24.3. The van der Waals surface area contributed by atoms with Gasteiger partial charge in [-0.05, 0) is 23.8 Å². The molecule has 0 aliphatic heterocycles. The molecule has 0 spiro atoms. The lowest BCUT2D eigenvalue weighted by atomic mass is 9.99. The Morgan fingerprint density at radius 1 is 1.12 bits per heavy atom. The van der Waals surface area contributed by atoms with Gasteiger partial charge in [-0.25, -0.2) is 9.97 Å². The Balaban J connectivity index is 0.00000149. The highest BCUT2D eigenvalue weighted by Crippen LogP contribution is 2.38. The Morgan fingerprint density at radius 3 is 2.48 bits per heavy atom. The van der Waals surface area contributed by atoms with Crippen LogP contribution in [0.4, 0.5) is 0 Å². The fourth-order valence-electron chi connectivity index (χ4n) is 3.23. The highest BCUT2D eigenvalue weighted by atomic mass is 35.5. The van der Waals surface area contributed by atoms with Crippen LogP contribution in [0.2, 0.25) is 10.2 Å². The van der Waals surface area contributed by atoms with E-state index in [1.807, 2.05) is 19.9 Å². The lowest BCUT2D eigenvalue weighted by Gasteiger charge is -2.13. The average molecular weight is 487 g/mol. The highest BCUT2D eigenvalue weighted by Gasteiger charge is 2.18. The summed E-state index contributed by atoms with van der Waals surface area (Å²) >= 11 is 12.4. The van der Waals surface area contributed by atoms with E-state index in [2.05, 4.69) is 26.6 Å². The zero-order valence-electron chi connectivity index (χ0n) is 18.7. The van der Waals surface area contributed by atoms with Gasteiger partial charge in [0.05, 0.1) is 31.3 Å². The lowest BCUT2D eigenvalue weighted by Crippen LogP contribution is -2.02. The summed E-state index contributed by atoms with van der Waals surface area (Å²) in [5.41, 5.74) is 3.69. The summed E-state index contributed by atoms with van der Waals surface area (Å²) in [7, 11) is 3.09. The SMILES string of the molecule is C=C(c1cc(OC)c(OC)cc1Cl)c1cn(Cc2nc3nc(Cl)ccc3[nH]2)nc1C=N.CC. The molecular weight excluding hydrogens is 463 g/mol. The Morgan fingerprint density at radius 2 is 1.82 bits per heavy atom. The first-order valence-electron chi connectivity index (χ1n) is 10.1. The second-order valence-corrected chi connectivity index (χ2v) is 7.42. The number of nitrogens with zero attached hydrogens (tertiary/aromatic N) is 4. The van der Waals surface area contributed by atoms with E-state index in [0.717, 1.165) is 5.52 Å². The first-order chi connectivity index (χ1) is 15.9. The minimum Gasteiger partial charge on any atom is -0.493 e. The maximum atomic E-state index is 7.77. The molecule has 3 heterocycles. The van der Waals surface area contributed by atoms with Crippen LogP contribution in [0.25, 0.3) is 16.7 Å². The van der Waals surface area contributed by atoms with Crippen LogP contribution in [0.3, 0.4) is 0 Å². The number of nitrogens with one attached hydrogen (secondary N) is 2. The van der Waals surface area contributed by atoms with E-state index >= 15 is 0 Å². The molecule has 0 aliphatic carbocycles. The number of hydrogen-bond acceptors (Lipinski definition) is 6. The summed E-state index contributed by atoms with van der Waals surface area (Å²) in [6.07, 6.45) is 2.97. The molecule has 8 nitrogen and oxygen atoms in total. The number of H-pyrrole nitrogens is 1. The molecule has 3 aromatic heterocycles. The third-order valence-corrected chi connectivity index (χ3v) is 5.25. The van der Waals surface area contributed by atoms with Crippen LogP contribution in [0.15, 0.2) is 37.0 Å². The molecule has 33 heavy (non-hydrogen) atoms. The predicted octanol–water partition coefficient (Wildman–Crippen LogP) is 5.61. The summed E-state index contributed by atoms with van der Waals surface area (Å²) in [6, 6.07) is 6.94. The number of benzene rings is 1. The van der Waals surface area contributed by atoms with Crippen molar-refractivity contribution in [2.45, 2.75) is 20.4 Å². The van der Waals surface area contributed by atoms with Gasteiger partial charge in [-0.15, -0.1) is 0 Å². The first-order valence-corrected chi connectivity index (χ1v) is 10.9. The Hall–Kier alpha value is -3.36. The van der Waals surface area contributed by atoms with Gasteiger partial charge < -0.3 is 19.9 Å². The topological polar surface area (TPSA) is 102 Å². The summed E-state index contributed by atoms with van der Waals surface area (Å²) < 4.78 is 12.3. The molecule has 1 aromatic carbocycles. The van der Waals surface area contributed by atoms with E-state index in [9.17, 15) is 0 Å². The number of hydrogen-bond donors (Lipinski definition) is 2. The number of halogens is 2. The molecule has 0 amide bonds. The highest BCUT2D eigenvalue weighted by molar-refractivity contribution is 6.33. The number of rotatable bonds is 7. The van der Waals surface area contributed by atoms with E-state index in [1.54, 1.807) is 43.3 Å². The minimum atomic E-state index is 0.349. The van der Waals surface area contributed by atoms with Crippen LogP contribution in [0.1, 0.15) is 36.5 Å². The van der Waals surface area contributed by atoms with Crippen molar-refractivity contribution in [1.29, 1.82) is 5.41 Å². The molecule has 4 rings (SSSR count). The van der Waals surface area contributed by atoms with Crippen LogP contribution in [-0.2, 0) is 6.54 Å². The van der Waals surface area contributed by atoms with Gasteiger partial charge in [0.15, 0.2) is 17.1 Å². The Labute approximate surface area is 201 Å². The van der Waals surface area contributed by atoms with Gasteiger partial charge in [0, 0.05) is 29.6 Å². The molecular formula is C23H24Cl2N6O2. The van der Waals surface area contributed by atoms with Gasteiger partial charge >= 0.3 is 0 Å². The largest absolute Gasteiger partial charge is 0.493 e. The third-order valence-electron chi connectivity index (χ3n) is 4.72. The van der Waals surface area contributed by atoms with E-state index in [0.29, 0.717) is 62.1 Å². The second-order valence-electron chi connectivity index (χ2n) is 6.62. The predicted molar refractivity (Wildman–Crippen MR) is 132 cm³/mol. The van der Waals surface area contributed by atoms with Crippen LogP contribution >= 0.6 is 23.2 Å². The fourth-order valence-corrected chi connectivity index (χ4v) is 3.65. The van der Waals surface area contributed by atoms with Gasteiger partial charge in [0.1, 0.15) is 16.7 Å². The average Bonchev–Trinajstić information content (AvgIpc) is 3.42. The number of methoxy groups -OCH3 is 2. The van der Waals surface area contributed by atoms with Crippen molar-refractivity contribution in [3.8, 4) is 11.5 Å². The smallest absolute Gasteiger partial charge is 0.179 e. The monoisotopic (exact) mass is 486 g/mol. The van der Waals surface area contributed by atoms with Gasteiger partial charge in [0.25, 0.3) is 0 Å². The van der Waals surface area contributed by atoms with Gasteiger partial charge in [-0.2, -0.15) is 5.10 Å². The Bertz CT molecular complexity index is 1310. The normalized spacial score (nSPS) is 10.5. The lowest BCUT2D eigenvalue weighted by molar-refractivity contribution is 0.355. The third kappa shape index (κ3) is 5.02. The van der Waals surface area contributed by atoms with Crippen LogP contribution in [0, 0.1) is 5.41 Å². The fraction of sp³-hybridized carbons (Fsp3) is 0.217. The van der Waals surface area contributed by atoms with Gasteiger partial charge in [-0.1, -0.05) is 43.6 Å². The number of imidazole rings is 1. The standard InChI is InChI=1S/C21H18Cl2N6O2.C2H6/c1-11(12-6-17(30-2)18(31-3)7-14(12)22)13-9-29(28-16(13)8-24)10-20-25-15-4-5-19(23)26-21(15)27-20;1-2/h4-9,24H,1,10H2,2-3H3,(H,25,26,27);1-2H3. The van der Waals surface area contributed by atoms with Gasteiger partial charge in [-0.3, -0.25) is 4.68 Å². The molecule has 0 radical (unpaired) electrons. The van der Waals surface area contributed by atoms with Crippen molar-refractivity contribution in [2.75, 3.05) is 14.2 Å². The van der Waals surface area contributed by atoms with Crippen molar-refractivity contribution in [2.24, 2.45) is 0 Å². The summed E-state index contributed by atoms with van der Waals surface area (Å²) in [4.78, 5) is 11.8. The van der Waals surface area contributed by atoms with E-state index < -0.39 is 0 Å². The number of aromatic amines is 1. The molecule has 10 heteroatoms. The number of pyridine rings is 1. The molecule has 0 fully saturated rings. The van der Waals surface area contributed by atoms with Crippen LogP contribution < -0.4 is 9.47 Å². The summed E-state index contributed by atoms with van der Waals surface area (Å²) in [5.74, 6) is 1.70. The van der Waals surface area contributed by atoms with Crippen molar-refractivity contribution in [3.63, 3.8) is 0 Å². The molecule has 0 saturated carbocycles. The quantitative estimate of drug-likeness (QED) is 0.261. The van der Waals surface area contributed by atoms with E-state index in [1.165, 1.54) is 6.21 Å². The van der Waals surface area contributed by atoms with Crippen LogP contribution in [0.5, 0.6) is 11.5 Å². The zero-order chi connectivity index (χ0) is 24.1. The second kappa shape index (κ2) is 10.5. The maximum Gasteiger partial charge on any atom is 0.179 e. The minimum absolute atomic E-state index is 0.349. The zero-order valence-corrected chi connectivity index (χ0v) is 20.3. The molecule has 172 valence electrons. The van der Waals surface area contributed by atoms with E-state index in [-0.39, 0.29) is 0 Å². The molecule has 2 N–H and O–H groups in total. The van der Waals surface area contributed by atoms with Crippen molar-refractivity contribution in [3.05, 3.63) is 69.9 Å². The molecule has 0 aliphatic rings. The number of fused-ring (bicyclic) bond motifs is 1.